The highest BCUT2D eigenvalue weighted by atomic mass is 16.4. The van der Waals surface area contributed by atoms with E-state index in [1.165, 1.54) is 0 Å². The first kappa shape index (κ1) is 22.4. The number of carboxylic acid groups (broad SMARTS) is 1. The summed E-state index contributed by atoms with van der Waals surface area (Å²) in [6, 6.07) is 0. The lowest BCUT2D eigenvalue weighted by Crippen LogP contribution is -2.00. The van der Waals surface area contributed by atoms with Crippen LogP contribution >= 0.6 is 0 Å². The van der Waals surface area contributed by atoms with E-state index in [9.17, 15) is 15.0 Å². The van der Waals surface area contributed by atoms with E-state index in [1.54, 1.807) is 18.2 Å². The first-order valence-corrected chi connectivity index (χ1v) is 8.80. The Morgan fingerprint density at radius 2 is 1.58 bits per heavy atom. The number of rotatable bonds is 14. The summed E-state index contributed by atoms with van der Waals surface area (Å²) in [4.78, 5) is 10.3. The molecule has 3 N–H and O–H groups in total. The molecule has 0 aromatic carbocycles. The molecule has 0 heterocycles. The van der Waals surface area contributed by atoms with Gasteiger partial charge in [-0.2, -0.15) is 0 Å². The van der Waals surface area contributed by atoms with Gasteiger partial charge in [-0.25, -0.2) is 0 Å². The van der Waals surface area contributed by atoms with Crippen LogP contribution in [0.5, 0.6) is 0 Å². The van der Waals surface area contributed by atoms with Crippen molar-refractivity contribution in [1.29, 1.82) is 0 Å². The molecule has 24 heavy (non-hydrogen) atoms. The van der Waals surface area contributed by atoms with Gasteiger partial charge in [-0.05, 0) is 25.7 Å². The van der Waals surface area contributed by atoms with Crippen molar-refractivity contribution in [3.8, 4) is 0 Å². The van der Waals surface area contributed by atoms with E-state index in [4.69, 9.17) is 5.11 Å². The third-order valence-corrected chi connectivity index (χ3v) is 3.41. The molecule has 0 saturated heterocycles. The van der Waals surface area contributed by atoms with Gasteiger partial charge in [0.1, 0.15) is 0 Å². The number of carboxylic acids is 1. The minimum atomic E-state index is -0.777. The Morgan fingerprint density at radius 3 is 2.21 bits per heavy atom. The fourth-order valence-electron chi connectivity index (χ4n) is 2.02. The topological polar surface area (TPSA) is 77.8 Å². The molecule has 1 unspecified atom stereocenters. The third kappa shape index (κ3) is 16.7. The molecule has 0 amide bonds. The molecule has 0 aliphatic carbocycles. The van der Waals surface area contributed by atoms with Crippen LogP contribution in [0.1, 0.15) is 58.3 Å². The summed E-state index contributed by atoms with van der Waals surface area (Å²) in [6.45, 7) is 2.14. The van der Waals surface area contributed by atoms with Gasteiger partial charge in [-0.15, -0.1) is 0 Å². The number of aliphatic carboxylic acids is 1. The SMILES string of the molecule is CCCCCC(O)/C=C/C=C\C=C\[C@@H](O)C/C=C\CCCC(=O)O. The van der Waals surface area contributed by atoms with Crippen LogP contribution in [-0.4, -0.2) is 33.5 Å². The second-order valence-electron chi connectivity index (χ2n) is 5.78. The maximum absolute atomic E-state index is 10.3. The summed E-state index contributed by atoms with van der Waals surface area (Å²) in [5.41, 5.74) is 0. The zero-order chi connectivity index (χ0) is 18.0. The maximum Gasteiger partial charge on any atom is 0.303 e. The lowest BCUT2D eigenvalue weighted by molar-refractivity contribution is -0.137. The molecular formula is C20H32O4. The number of hydrogen-bond donors (Lipinski definition) is 3. The van der Waals surface area contributed by atoms with Crippen molar-refractivity contribution in [3.63, 3.8) is 0 Å². The Hall–Kier alpha value is -1.65. The monoisotopic (exact) mass is 336 g/mol. The highest BCUT2D eigenvalue weighted by Crippen LogP contribution is 2.04. The zero-order valence-electron chi connectivity index (χ0n) is 14.7. The maximum atomic E-state index is 10.3. The predicted octanol–water partition coefficient (Wildman–Crippen LogP) is 4.16. The minimum absolute atomic E-state index is 0.179. The number of allylic oxidation sites excluding steroid dienone is 5. The smallest absolute Gasteiger partial charge is 0.303 e. The summed E-state index contributed by atoms with van der Waals surface area (Å²) in [7, 11) is 0. The molecule has 4 heteroatoms. The number of carbonyl (C=O) groups is 1. The van der Waals surface area contributed by atoms with Crippen LogP contribution in [0.2, 0.25) is 0 Å². The zero-order valence-corrected chi connectivity index (χ0v) is 14.7. The van der Waals surface area contributed by atoms with E-state index >= 15 is 0 Å². The largest absolute Gasteiger partial charge is 0.481 e. The molecule has 0 fully saturated rings. The van der Waals surface area contributed by atoms with Gasteiger partial charge in [0.2, 0.25) is 0 Å². The van der Waals surface area contributed by atoms with Crippen molar-refractivity contribution in [1.82, 2.24) is 0 Å². The van der Waals surface area contributed by atoms with Crippen molar-refractivity contribution in [2.24, 2.45) is 0 Å². The molecule has 0 aromatic rings. The van der Waals surface area contributed by atoms with Crippen LogP contribution in [0, 0.1) is 0 Å². The molecule has 0 aromatic heterocycles. The van der Waals surface area contributed by atoms with Gasteiger partial charge in [0.15, 0.2) is 0 Å². The molecule has 2 atom stereocenters. The lowest BCUT2D eigenvalue weighted by Gasteiger charge is -2.02. The van der Waals surface area contributed by atoms with Gasteiger partial charge in [0.25, 0.3) is 0 Å². The van der Waals surface area contributed by atoms with E-state index in [2.05, 4.69) is 6.92 Å². The summed E-state index contributed by atoms with van der Waals surface area (Å²) in [6.07, 6.45) is 19.7. The Balaban J connectivity index is 3.80. The molecule has 0 radical (unpaired) electrons. The minimum Gasteiger partial charge on any atom is -0.481 e. The summed E-state index contributed by atoms with van der Waals surface area (Å²) in [5.74, 6) is -0.777. The average Bonchev–Trinajstić information content (AvgIpc) is 2.54. The van der Waals surface area contributed by atoms with Crippen LogP contribution < -0.4 is 0 Å². The number of unbranched alkanes of at least 4 members (excludes halogenated alkanes) is 3. The molecular weight excluding hydrogens is 304 g/mol. The van der Waals surface area contributed by atoms with Crippen molar-refractivity contribution >= 4 is 5.97 Å². The molecule has 0 saturated carbocycles. The van der Waals surface area contributed by atoms with Gasteiger partial charge < -0.3 is 15.3 Å². The van der Waals surface area contributed by atoms with Gasteiger partial charge >= 0.3 is 5.97 Å². The van der Waals surface area contributed by atoms with Crippen LogP contribution in [-0.2, 0) is 4.79 Å². The molecule has 136 valence electrons. The van der Waals surface area contributed by atoms with Gasteiger partial charge in [0, 0.05) is 6.42 Å². The second-order valence-corrected chi connectivity index (χ2v) is 5.78. The van der Waals surface area contributed by atoms with E-state index < -0.39 is 12.1 Å². The van der Waals surface area contributed by atoms with Gasteiger partial charge in [-0.1, -0.05) is 74.8 Å². The number of aliphatic hydroxyl groups excluding tert-OH is 2. The third-order valence-electron chi connectivity index (χ3n) is 3.41. The number of aliphatic hydroxyl groups is 2. The van der Waals surface area contributed by atoms with Crippen molar-refractivity contribution < 1.29 is 20.1 Å². The van der Waals surface area contributed by atoms with E-state index in [1.807, 2.05) is 30.4 Å². The Kier molecular flexibility index (Phi) is 15.1. The van der Waals surface area contributed by atoms with Crippen LogP contribution in [0.3, 0.4) is 0 Å². The molecule has 0 bridgehead atoms. The van der Waals surface area contributed by atoms with Crippen LogP contribution in [0.25, 0.3) is 0 Å². The number of hydrogen-bond acceptors (Lipinski definition) is 3. The van der Waals surface area contributed by atoms with E-state index in [0.717, 1.165) is 25.7 Å². The fraction of sp³-hybridized carbons (Fsp3) is 0.550. The lowest BCUT2D eigenvalue weighted by atomic mass is 10.1. The normalized spacial score (nSPS) is 15.1. The fourth-order valence-corrected chi connectivity index (χ4v) is 2.02. The van der Waals surface area contributed by atoms with Crippen LogP contribution in [0.15, 0.2) is 48.6 Å². The molecule has 0 spiro atoms. The molecule has 0 rings (SSSR count). The Bertz CT molecular complexity index is 421. The molecule has 4 nitrogen and oxygen atoms in total. The van der Waals surface area contributed by atoms with Gasteiger partial charge in [-0.3, -0.25) is 4.79 Å². The summed E-state index contributed by atoms with van der Waals surface area (Å²) >= 11 is 0. The predicted molar refractivity (Wildman–Crippen MR) is 98.8 cm³/mol. The Morgan fingerprint density at radius 1 is 0.917 bits per heavy atom. The summed E-state index contributed by atoms with van der Waals surface area (Å²) in [5, 5.41) is 27.9. The van der Waals surface area contributed by atoms with E-state index in [-0.39, 0.29) is 12.5 Å². The first-order valence-electron chi connectivity index (χ1n) is 8.80. The molecule has 0 aliphatic heterocycles. The van der Waals surface area contributed by atoms with Gasteiger partial charge in [0.05, 0.1) is 12.2 Å². The van der Waals surface area contributed by atoms with Crippen LogP contribution in [0.4, 0.5) is 0 Å². The van der Waals surface area contributed by atoms with E-state index in [0.29, 0.717) is 19.3 Å². The highest BCUT2D eigenvalue weighted by molar-refractivity contribution is 5.66. The quantitative estimate of drug-likeness (QED) is 0.253. The Labute approximate surface area is 145 Å². The average molecular weight is 336 g/mol. The standard InChI is InChI=1S/C20H32O4/c1-2-3-8-13-18(21)14-9-4-5-10-15-19(22)16-11-6-7-12-17-20(23)24/h4-6,9-11,14-15,18-19,21-22H,2-3,7-8,12-13,16-17H2,1H3,(H,23,24)/b5-4-,11-6-,14-9+,15-10+/t18?,19-/m1/s1. The first-order chi connectivity index (χ1) is 11.6. The van der Waals surface area contributed by atoms with Crippen molar-refractivity contribution in [2.75, 3.05) is 0 Å². The second kappa shape index (κ2) is 16.2. The highest BCUT2D eigenvalue weighted by Gasteiger charge is 1.97. The molecule has 0 aliphatic rings. The van der Waals surface area contributed by atoms with Crippen molar-refractivity contribution in [2.45, 2.75) is 70.5 Å². The summed E-state index contributed by atoms with van der Waals surface area (Å²) < 4.78 is 0. The van der Waals surface area contributed by atoms with Crippen molar-refractivity contribution in [3.05, 3.63) is 48.6 Å².